The van der Waals surface area contributed by atoms with Crippen LogP contribution in [0.3, 0.4) is 0 Å². The third kappa shape index (κ3) is 3.60. The van der Waals surface area contributed by atoms with Crippen LogP contribution in [0.4, 0.5) is 0 Å². The molecular formula is C14H18N4O2S. The normalized spacial score (nSPS) is 11.6. The molecule has 1 N–H and O–H groups in total. The highest BCUT2D eigenvalue weighted by molar-refractivity contribution is 7.99. The number of aryl methyl sites for hydroxylation is 1. The number of pyridine rings is 1. The fourth-order valence-corrected chi connectivity index (χ4v) is 2.77. The molecule has 2 aromatic rings. The third-order valence-electron chi connectivity index (χ3n) is 2.75. The Bertz CT molecular complexity index is 661. The van der Waals surface area contributed by atoms with Crippen molar-refractivity contribution >= 4 is 17.7 Å². The molecule has 2 aromatic heterocycles. The molecule has 0 aliphatic rings. The maximum Gasteiger partial charge on any atom is 0.313 e. The van der Waals surface area contributed by atoms with Gasteiger partial charge in [-0.2, -0.15) is 0 Å². The van der Waals surface area contributed by atoms with Crippen LogP contribution >= 0.6 is 11.8 Å². The number of thioether (sulfide) groups is 1. The zero-order valence-corrected chi connectivity index (χ0v) is 13.3. The maximum atomic E-state index is 10.8. The number of carboxylic acids is 1. The highest BCUT2D eigenvalue weighted by atomic mass is 32.2. The number of nitrogens with zero attached hydrogens (tertiary/aromatic N) is 4. The van der Waals surface area contributed by atoms with Gasteiger partial charge >= 0.3 is 5.97 Å². The van der Waals surface area contributed by atoms with Gasteiger partial charge in [-0.1, -0.05) is 17.8 Å². The van der Waals surface area contributed by atoms with Crippen LogP contribution in [0.15, 0.2) is 23.4 Å². The Labute approximate surface area is 127 Å². The predicted molar refractivity (Wildman–Crippen MR) is 81.3 cm³/mol. The minimum atomic E-state index is -0.876. The molecule has 0 saturated heterocycles. The average Bonchev–Trinajstić information content (AvgIpc) is 2.80. The van der Waals surface area contributed by atoms with Crippen LogP contribution in [0.5, 0.6) is 0 Å². The van der Waals surface area contributed by atoms with Gasteiger partial charge in [-0.3, -0.25) is 9.36 Å². The largest absolute Gasteiger partial charge is 0.481 e. The lowest BCUT2D eigenvalue weighted by Crippen LogP contribution is -2.24. The van der Waals surface area contributed by atoms with E-state index in [1.165, 1.54) is 0 Å². The van der Waals surface area contributed by atoms with Gasteiger partial charge in [-0.05, 0) is 39.8 Å². The second-order valence-corrected chi connectivity index (χ2v) is 6.60. The molecule has 0 radical (unpaired) electrons. The van der Waals surface area contributed by atoms with Crippen molar-refractivity contribution in [3.63, 3.8) is 0 Å². The van der Waals surface area contributed by atoms with Gasteiger partial charge in [0.15, 0.2) is 11.0 Å². The van der Waals surface area contributed by atoms with Crippen molar-refractivity contribution in [1.29, 1.82) is 0 Å². The highest BCUT2D eigenvalue weighted by Crippen LogP contribution is 2.29. The van der Waals surface area contributed by atoms with Gasteiger partial charge in [-0.15, -0.1) is 10.2 Å². The molecule has 0 spiro atoms. The molecule has 7 heteroatoms. The average molecular weight is 306 g/mol. The van der Waals surface area contributed by atoms with Crippen molar-refractivity contribution < 1.29 is 9.90 Å². The van der Waals surface area contributed by atoms with Crippen molar-refractivity contribution in [3.8, 4) is 11.5 Å². The number of carboxylic acid groups (broad SMARTS) is 1. The molecular weight excluding hydrogens is 288 g/mol. The Hall–Kier alpha value is -1.89. The van der Waals surface area contributed by atoms with Gasteiger partial charge in [0, 0.05) is 11.2 Å². The lowest BCUT2D eigenvalue weighted by Gasteiger charge is -2.24. The molecule has 0 amide bonds. The van der Waals surface area contributed by atoms with E-state index in [2.05, 4.69) is 15.2 Å². The van der Waals surface area contributed by atoms with E-state index >= 15 is 0 Å². The van der Waals surface area contributed by atoms with Gasteiger partial charge in [0.1, 0.15) is 5.69 Å². The summed E-state index contributed by atoms with van der Waals surface area (Å²) in [6.07, 6.45) is 0. The fourth-order valence-electron chi connectivity index (χ4n) is 1.93. The molecule has 0 saturated carbocycles. The van der Waals surface area contributed by atoms with Gasteiger partial charge < -0.3 is 5.11 Å². The van der Waals surface area contributed by atoms with E-state index in [1.807, 2.05) is 50.5 Å². The van der Waals surface area contributed by atoms with Crippen molar-refractivity contribution in [2.24, 2.45) is 0 Å². The first kappa shape index (κ1) is 15.5. The second kappa shape index (κ2) is 5.85. The fraction of sp³-hybridized carbons (Fsp3) is 0.429. The molecule has 0 aliphatic carbocycles. The topological polar surface area (TPSA) is 80.9 Å². The highest BCUT2D eigenvalue weighted by Gasteiger charge is 2.25. The number of hydrogen-bond acceptors (Lipinski definition) is 5. The lowest BCUT2D eigenvalue weighted by atomic mass is 10.1. The van der Waals surface area contributed by atoms with E-state index in [-0.39, 0.29) is 11.3 Å². The Morgan fingerprint density at radius 1 is 1.33 bits per heavy atom. The molecule has 6 nitrogen and oxygen atoms in total. The second-order valence-electron chi connectivity index (χ2n) is 5.66. The summed E-state index contributed by atoms with van der Waals surface area (Å²) < 4.78 is 1.93. The number of aliphatic carboxylic acids is 1. The minimum Gasteiger partial charge on any atom is -0.481 e. The standard InChI is InChI=1S/C14H18N4O2S/c1-9-6-5-7-10(15-9)12-16-17-13(21-8-11(19)20)18(12)14(2,3)4/h5-7H,8H2,1-4H3,(H,19,20). The van der Waals surface area contributed by atoms with Crippen LogP contribution < -0.4 is 0 Å². The summed E-state index contributed by atoms with van der Waals surface area (Å²) >= 11 is 1.16. The van der Waals surface area contributed by atoms with E-state index < -0.39 is 5.97 Å². The third-order valence-corrected chi connectivity index (χ3v) is 3.66. The van der Waals surface area contributed by atoms with Crippen LogP contribution in [0, 0.1) is 6.92 Å². The Balaban J connectivity index is 2.49. The molecule has 2 rings (SSSR count). The summed E-state index contributed by atoms with van der Waals surface area (Å²) in [5, 5.41) is 17.8. The quantitative estimate of drug-likeness (QED) is 0.874. The Morgan fingerprint density at radius 2 is 2.05 bits per heavy atom. The number of hydrogen-bond donors (Lipinski definition) is 1. The van der Waals surface area contributed by atoms with E-state index in [0.29, 0.717) is 11.0 Å². The Morgan fingerprint density at radius 3 is 2.62 bits per heavy atom. The van der Waals surface area contributed by atoms with E-state index in [4.69, 9.17) is 5.11 Å². The van der Waals surface area contributed by atoms with Gasteiger partial charge in [0.25, 0.3) is 0 Å². The van der Waals surface area contributed by atoms with E-state index in [1.54, 1.807) is 0 Å². The number of rotatable bonds is 4. The summed E-state index contributed by atoms with van der Waals surface area (Å²) in [4.78, 5) is 15.2. The smallest absolute Gasteiger partial charge is 0.313 e. The molecule has 0 aliphatic heterocycles. The van der Waals surface area contributed by atoms with Gasteiger partial charge in [0.2, 0.25) is 0 Å². The zero-order chi connectivity index (χ0) is 15.6. The van der Waals surface area contributed by atoms with Gasteiger partial charge in [-0.25, -0.2) is 4.98 Å². The predicted octanol–water partition coefficient (Wildman–Crippen LogP) is 2.58. The summed E-state index contributed by atoms with van der Waals surface area (Å²) in [6.45, 7) is 8.00. The molecule has 21 heavy (non-hydrogen) atoms. The maximum absolute atomic E-state index is 10.8. The number of aromatic nitrogens is 4. The number of carbonyl (C=O) groups is 1. The minimum absolute atomic E-state index is 0.0462. The summed E-state index contributed by atoms with van der Waals surface area (Å²) in [5.74, 6) is -0.270. The molecule has 0 atom stereocenters. The van der Waals surface area contributed by atoms with Crippen LogP contribution in [-0.4, -0.2) is 36.6 Å². The summed E-state index contributed by atoms with van der Waals surface area (Å²) in [5.41, 5.74) is 1.36. The van der Waals surface area contributed by atoms with Crippen LogP contribution in [0.1, 0.15) is 26.5 Å². The molecule has 0 fully saturated rings. The zero-order valence-electron chi connectivity index (χ0n) is 12.5. The van der Waals surface area contributed by atoms with E-state index in [9.17, 15) is 4.79 Å². The van der Waals surface area contributed by atoms with Crippen molar-refractivity contribution in [2.75, 3.05) is 5.75 Å². The van der Waals surface area contributed by atoms with Crippen LogP contribution in [-0.2, 0) is 10.3 Å². The molecule has 0 unspecified atom stereocenters. The first-order valence-electron chi connectivity index (χ1n) is 6.53. The molecule has 0 aromatic carbocycles. The van der Waals surface area contributed by atoms with Crippen LogP contribution in [0.25, 0.3) is 11.5 Å². The Kier molecular flexibility index (Phi) is 4.32. The molecule has 2 heterocycles. The summed E-state index contributed by atoms with van der Waals surface area (Å²) in [6, 6.07) is 5.72. The molecule has 112 valence electrons. The lowest BCUT2D eigenvalue weighted by molar-refractivity contribution is -0.133. The first-order chi connectivity index (χ1) is 9.79. The SMILES string of the molecule is Cc1cccc(-c2nnc(SCC(=O)O)n2C(C)(C)C)n1. The van der Waals surface area contributed by atoms with Crippen molar-refractivity contribution in [3.05, 3.63) is 23.9 Å². The summed E-state index contributed by atoms with van der Waals surface area (Å²) in [7, 11) is 0. The van der Waals surface area contributed by atoms with Crippen LogP contribution in [0.2, 0.25) is 0 Å². The van der Waals surface area contributed by atoms with Crippen molar-refractivity contribution in [1.82, 2.24) is 19.7 Å². The molecule has 0 bridgehead atoms. The van der Waals surface area contributed by atoms with Gasteiger partial charge in [0.05, 0.1) is 5.75 Å². The first-order valence-corrected chi connectivity index (χ1v) is 7.52. The van der Waals surface area contributed by atoms with E-state index in [0.717, 1.165) is 23.1 Å². The van der Waals surface area contributed by atoms with Crippen molar-refractivity contribution in [2.45, 2.75) is 38.4 Å². The monoisotopic (exact) mass is 306 g/mol.